The van der Waals surface area contributed by atoms with Crippen molar-refractivity contribution in [3.05, 3.63) is 80.6 Å². The fourth-order valence-electron chi connectivity index (χ4n) is 3.72. The molecule has 0 fully saturated rings. The minimum Gasteiger partial charge on any atom is -0.461 e. The van der Waals surface area contributed by atoms with E-state index >= 15 is 0 Å². The number of halogens is 9. The SMILES string of the molecule is CCOC(=O)c1nn(-c2ccc(OC(F)(F)F)cc2)c(=O)c2c(NC(=O)c3cc(C(F)(F)F)cc(C(F)(F)F)c3)scc12. The van der Waals surface area contributed by atoms with Crippen LogP contribution in [-0.4, -0.2) is 34.6 Å². The first-order valence-corrected chi connectivity index (χ1v) is 12.5. The normalized spacial score (nSPS) is 12.3. The lowest BCUT2D eigenvalue weighted by molar-refractivity contribution is -0.274. The van der Waals surface area contributed by atoms with E-state index in [-0.39, 0.29) is 40.9 Å². The lowest BCUT2D eigenvalue weighted by Crippen LogP contribution is -2.25. The number of aromatic nitrogens is 2. The summed E-state index contributed by atoms with van der Waals surface area (Å²) in [5.74, 6) is -3.16. The predicted molar refractivity (Wildman–Crippen MR) is 132 cm³/mol. The average Bonchev–Trinajstić information content (AvgIpc) is 3.31. The van der Waals surface area contributed by atoms with Crippen LogP contribution in [0.25, 0.3) is 16.5 Å². The van der Waals surface area contributed by atoms with Gasteiger partial charge >= 0.3 is 24.7 Å². The van der Waals surface area contributed by atoms with Gasteiger partial charge in [-0.25, -0.2) is 4.79 Å². The van der Waals surface area contributed by atoms with E-state index in [1.165, 1.54) is 12.3 Å². The molecule has 1 N–H and O–H groups in total. The number of amides is 1. The second kappa shape index (κ2) is 11.2. The summed E-state index contributed by atoms with van der Waals surface area (Å²) < 4.78 is 127. The molecule has 0 spiro atoms. The van der Waals surface area contributed by atoms with Crippen molar-refractivity contribution in [3.8, 4) is 11.4 Å². The van der Waals surface area contributed by atoms with Gasteiger partial charge in [-0.3, -0.25) is 9.59 Å². The Labute approximate surface area is 237 Å². The Morgan fingerprint density at radius 2 is 1.51 bits per heavy atom. The molecule has 1 amide bonds. The molecule has 0 aliphatic carbocycles. The van der Waals surface area contributed by atoms with E-state index in [1.54, 1.807) is 0 Å². The highest BCUT2D eigenvalue weighted by molar-refractivity contribution is 7.16. The van der Waals surface area contributed by atoms with E-state index in [2.05, 4.69) is 15.2 Å². The second-order valence-corrected chi connectivity index (χ2v) is 9.31. The number of carbonyl (C=O) groups excluding carboxylic acids is 2. The molecule has 0 bridgehead atoms. The van der Waals surface area contributed by atoms with E-state index in [0.29, 0.717) is 16.0 Å². The van der Waals surface area contributed by atoms with Gasteiger partial charge in [0, 0.05) is 16.3 Å². The number of benzene rings is 2. The van der Waals surface area contributed by atoms with E-state index < -0.39 is 69.7 Å². The number of anilines is 1. The molecular weight excluding hydrogens is 625 g/mol. The van der Waals surface area contributed by atoms with Gasteiger partial charge in [0.25, 0.3) is 11.5 Å². The van der Waals surface area contributed by atoms with Gasteiger partial charge in [0.2, 0.25) is 0 Å². The van der Waals surface area contributed by atoms with Crippen LogP contribution in [0, 0.1) is 0 Å². The molecule has 2 aromatic carbocycles. The van der Waals surface area contributed by atoms with Crippen LogP contribution in [0.4, 0.5) is 44.5 Å². The molecule has 4 aromatic rings. The maximum absolute atomic E-state index is 13.4. The maximum Gasteiger partial charge on any atom is 0.573 e. The third kappa shape index (κ3) is 6.90. The van der Waals surface area contributed by atoms with Crippen molar-refractivity contribution in [1.29, 1.82) is 0 Å². The van der Waals surface area contributed by atoms with Gasteiger partial charge in [-0.1, -0.05) is 0 Å². The van der Waals surface area contributed by atoms with Gasteiger partial charge in [0.05, 0.1) is 28.8 Å². The summed E-state index contributed by atoms with van der Waals surface area (Å²) in [5, 5.41) is 6.20. The van der Waals surface area contributed by atoms with Crippen molar-refractivity contribution in [2.75, 3.05) is 11.9 Å². The number of nitrogens with zero attached hydrogens (tertiary/aromatic N) is 2. The lowest BCUT2D eigenvalue weighted by Gasteiger charge is -2.14. The van der Waals surface area contributed by atoms with Crippen molar-refractivity contribution in [1.82, 2.24) is 9.78 Å². The number of ether oxygens (including phenoxy) is 2. The molecular formula is C25H14F9N3O5S. The molecule has 0 aliphatic rings. The first-order valence-electron chi connectivity index (χ1n) is 11.6. The van der Waals surface area contributed by atoms with E-state index in [1.807, 2.05) is 0 Å². The number of hydrogen-bond donors (Lipinski definition) is 1. The van der Waals surface area contributed by atoms with Crippen LogP contribution >= 0.6 is 11.3 Å². The molecule has 0 atom stereocenters. The van der Waals surface area contributed by atoms with Crippen LogP contribution in [-0.2, 0) is 17.1 Å². The fourth-order valence-corrected chi connectivity index (χ4v) is 4.65. The summed E-state index contributed by atoms with van der Waals surface area (Å²) in [6.07, 6.45) is -15.5. The minimum absolute atomic E-state index is 0.143. The van der Waals surface area contributed by atoms with Gasteiger partial charge in [-0.2, -0.15) is 36.1 Å². The Balaban J connectivity index is 1.84. The average molecular weight is 639 g/mol. The van der Waals surface area contributed by atoms with E-state index in [9.17, 15) is 53.9 Å². The zero-order valence-corrected chi connectivity index (χ0v) is 21.9. The number of carbonyl (C=O) groups is 2. The third-order valence-electron chi connectivity index (χ3n) is 5.51. The second-order valence-electron chi connectivity index (χ2n) is 8.43. The number of nitrogens with one attached hydrogen (secondary N) is 1. The minimum atomic E-state index is -5.24. The summed E-state index contributed by atoms with van der Waals surface area (Å²) in [4.78, 5) is 39.0. The van der Waals surface area contributed by atoms with Crippen molar-refractivity contribution in [2.24, 2.45) is 0 Å². The largest absolute Gasteiger partial charge is 0.573 e. The molecule has 8 nitrogen and oxygen atoms in total. The molecule has 0 saturated heterocycles. The van der Waals surface area contributed by atoms with Crippen molar-refractivity contribution >= 4 is 39.0 Å². The highest BCUT2D eigenvalue weighted by Crippen LogP contribution is 2.37. The molecule has 43 heavy (non-hydrogen) atoms. The zero-order valence-electron chi connectivity index (χ0n) is 21.1. The molecule has 0 unspecified atom stereocenters. The number of hydrogen-bond acceptors (Lipinski definition) is 7. The quantitative estimate of drug-likeness (QED) is 0.184. The maximum atomic E-state index is 13.4. The molecule has 0 aliphatic heterocycles. The van der Waals surface area contributed by atoms with Gasteiger partial charge < -0.3 is 14.8 Å². The van der Waals surface area contributed by atoms with Gasteiger partial charge in [-0.15, -0.1) is 24.5 Å². The topological polar surface area (TPSA) is 99.5 Å². The molecule has 2 aromatic heterocycles. The Morgan fingerprint density at radius 1 is 0.930 bits per heavy atom. The standard InChI is InChI=1S/C25H14F9N3O5S/c1-2-41-22(40)18-16-10-43-20(35-19(38)11-7-12(23(26,27)28)9-13(8-11)24(29,30)31)17(16)21(39)37(36-18)14-3-5-15(6-4-14)42-25(32,33)34/h3-10H,2H2,1H3,(H,35,38). The number of rotatable bonds is 6. The Hall–Kier alpha value is -4.61. The molecule has 0 radical (unpaired) electrons. The molecule has 4 rings (SSSR count). The van der Waals surface area contributed by atoms with Crippen LogP contribution < -0.4 is 15.6 Å². The zero-order chi connectivity index (χ0) is 31.9. The van der Waals surface area contributed by atoms with Crippen molar-refractivity contribution in [3.63, 3.8) is 0 Å². The molecule has 228 valence electrons. The van der Waals surface area contributed by atoms with Crippen LogP contribution in [0.1, 0.15) is 38.9 Å². The summed E-state index contributed by atoms with van der Waals surface area (Å²) in [6, 6.07) is 3.87. The highest BCUT2D eigenvalue weighted by Gasteiger charge is 2.38. The van der Waals surface area contributed by atoms with Gasteiger partial charge in [0.15, 0.2) is 5.69 Å². The van der Waals surface area contributed by atoms with E-state index in [4.69, 9.17) is 4.74 Å². The molecule has 2 heterocycles. The monoisotopic (exact) mass is 639 g/mol. The van der Waals surface area contributed by atoms with Crippen molar-refractivity contribution in [2.45, 2.75) is 25.6 Å². The number of thiophene rings is 1. The lowest BCUT2D eigenvalue weighted by atomic mass is 10.0. The first-order chi connectivity index (χ1) is 19.9. The number of fused-ring (bicyclic) bond motifs is 1. The van der Waals surface area contributed by atoms with Crippen LogP contribution in [0.3, 0.4) is 0 Å². The third-order valence-corrected chi connectivity index (χ3v) is 6.41. The van der Waals surface area contributed by atoms with Crippen LogP contribution in [0.15, 0.2) is 52.6 Å². The number of alkyl halides is 9. The summed E-state index contributed by atoms with van der Waals surface area (Å²) in [6.45, 7) is 1.31. The summed E-state index contributed by atoms with van der Waals surface area (Å²) >= 11 is 0.599. The molecule has 18 heteroatoms. The summed E-state index contributed by atoms with van der Waals surface area (Å²) in [7, 11) is 0. The first kappa shape index (κ1) is 31.3. The van der Waals surface area contributed by atoms with Gasteiger partial charge in [-0.05, 0) is 49.4 Å². The molecule has 0 saturated carbocycles. The summed E-state index contributed by atoms with van der Waals surface area (Å²) in [5.41, 5.74) is -6.26. The van der Waals surface area contributed by atoms with E-state index in [0.717, 1.165) is 24.3 Å². The Bertz CT molecular complexity index is 1730. The predicted octanol–water partition coefficient (Wildman–Crippen LogP) is 6.81. The van der Waals surface area contributed by atoms with Crippen LogP contribution in [0.5, 0.6) is 5.75 Å². The highest BCUT2D eigenvalue weighted by atomic mass is 32.1. The van der Waals surface area contributed by atoms with Crippen molar-refractivity contribution < 1.29 is 58.6 Å². The Kier molecular flexibility index (Phi) is 8.18. The smallest absolute Gasteiger partial charge is 0.461 e. The number of esters is 1. The Morgan fingerprint density at radius 3 is 2.02 bits per heavy atom. The fraction of sp³-hybridized carbons (Fsp3) is 0.200. The van der Waals surface area contributed by atoms with Gasteiger partial charge in [0.1, 0.15) is 10.8 Å². The van der Waals surface area contributed by atoms with Crippen LogP contribution in [0.2, 0.25) is 0 Å².